The number of hydrogen-bond donors (Lipinski definition) is 1. The molecule has 0 spiro atoms. The molecule has 6 heteroatoms. The number of amides is 3. The minimum atomic E-state index is -1.29. The number of Topliss-reactive ketones (excluding diaryl/α,β-unsaturated/α-hetero) is 1. The van der Waals surface area contributed by atoms with Crippen molar-refractivity contribution in [2.45, 2.75) is 18.9 Å². The first kappa shape index (κ1) is 19.7. The molecule has 1 saturated heterocycles. The van der Waals surface area contributed by atoms with Crippen LogP contribution in [0.4, 0.5) is 4.79 Å². The maximum atomic E-state index is 13.1. The van der Waals surface area contributed by atoms with Crippen LogP contribution in [-0.2, 0) is 16.8 Å². The van der Waals surface area contributed by atoms with Crippen molar-refractivity contribution >= 4 is 17.7 Å². The van der Waals surface area contributed by atoms with E-state index in [-0.39, 0.29) is 12.3 Å². The van der Waals surface area contributed by atoms with E-state index in [1.54, 1.807) is 37.3 Å². The summed E-state index contributed by atoms with van der Waals surface area (Å²) in [5, 5.41) is 11.7. The van der Waals surface area contributed by atoms with Crippen LogP contribution in [0.5, 0.6) is 0 Å². The Hall–Kier alpha value is -4.24. The summed E-state index contributed by atoms with van der Waals surface area (Å²) >= 11 is 0. The Morgan fingerprint density at radius 2 is 1.75 bits per heavy atom. The summed E-state index contributed by atoms with van der Waals surface area (Å²) in [6.07, 6.45) is 0.829. The zero-order valence-corrected chi connectivity index (χ0v) is 17.4. The molecule has 1 fully saturated rings. The standard InChI is InChI=1S/C26H19N3O3/c1-26(20-10-6-16(14-27)7-11-20)24(31)29(25(32)28-26)15-23(30)19-9-8-18-12-17-4-2-3-5-21(17)22(18)13-19/h2-11,13H,12,15H2,1H3,(H,28,32). The summed E-state index contributed by atoms with van der Waals surface area (Å²) in [6, 6.07) is 21.5. The smallest absolute Gasteiger partial charge is 0.319 e. The lowest BCUT2D eigenvalue weighted by molar-refractivity contribution is -0.130. The van der Waals surface area contributed by atoms with Crippen LogP contribution < -0.4 is 5.32 Å². The van der Waals surface area contributed by atoms with Gasteiger partial charge in [-0.2, -0.15) is 5.26 Å². The molecule has 1 aliphatic heterocycles. The van der Waals surface area contributed by atoms with E-state index in [4.69, 9.17) is 5.26 Å². The van der Waals surface area contributed by atoms with E-state index in [0.29, 0.717) is 16.7 Å². The van der Waals surface area contributed by atoms with Gasteiger partial charge in [0.25, 0.3) is 5.91 Å². The largest absolute Gasteiger partial charge is 0.325 e. The number of urea groups is 1. The van der Waals surface area contributed by atoms with Gasteiger partial charge in [0.15, 0.2) is 5.78 Å². The third-order valence-electron chi connectivity index (χ3n) is 6.29. The Morgan fingerprint density at radius 1 is 1.03 bits per heavy atom. The Labute approximate surface area is 185 Å². The molecule has 156 valence electrons. The van der Waals surface area contributed by atoms with Crippen LogP contribution >= 0.6 is 0 Å². The third kappa shape index (κ3) is 2.98. The summed E-state index contributed by atoms with van der Waals surface area (Å²) in [5.41, 5.74) is 4.70. The first-order valence-electron chi connectivity index (χ1n) is 10.3. The van der Waals surface area contributed by atoms with Gasteiger partial charge in [0.05, 0.1) is 18.2 Å². The van der Waals surface area contributed by atoms with E-state index in [2.05, 4.69) is 11.4 Å². The van der Waals surface area contributed by atoms with E-state index in [1.807, 2.05) is 36.4 Å². The molecule has 1 N–H and O–H groups in total. The van der Waals surface area contributed by atoms with Crippen molar-refractivity contribution in [2.75, 3.05) is 6.54 Å². The molecule has 0 aromatic heterocycles. The van der Waals surface area contributed by atoms with Gasteiger partial charge in [0, 0.05) is 5.56 Å². The van der Waals surface area contributed by atoms with Crippen molar-refractivity contribution < 1.29 is 14.4 Å². The number of rotatable bonds is 4. The Bertz CT molecular complexity index is 1340. The molecule has 2 aliphatic rings. The monoisotopic (exact) mass is 421 g/mol. The molecule has 1 aliphatic carbocycles. The number of carbonyl (C=O) groups excluding carboxylic acids is 3. The first-order valence-corrected chi connectivity index (χ1v) is 10.3. The van der Waals surface area contributed by atoms with Gasteiger partial charge in [-0.1, -0.05) is 48.5 Å². The van der Waals surface area contributed by atoms with Crippen LogP contribution in [0.3, 0.4) is 0 Å². The van der Waals surface area contributed by atoms with Crippen molar-refractivity contribution in [1.82, 2.24) is 10.2 Å². The van der Waals surface area contributed by atoms with Crippen molar-refractivity contribution in [3.05, 3.63) is 94.5 Å². The van der Waals surface area contributed by atoms with Crippen LogP contribution in [0.25, 0.3) is 11.1 Å². The zero-order chi connectivity index (χ0) is 22.5. The number of nitrogens with one attached hydrogen (secondary N) is 1. The van der Waals surface area contributed by atoms with Gasteiger partial charge < -0.3 is 5.32 Å². The Kier molecular flexibility index (Phi) is 4.42. The van der Waals surface area contributed by atoms with E-state index >= 15 is 0 Å². The first-order chi connectivity index (χ1) is 15.4. The van der Waals surface area contributed by atoms with Gasteiger partial charge in [0.1, 0.15) is 5.54 Å². The number of hydrogen-bond acceptors (Lipinski definition) is 4. The van der Waals surface area contributed by atoms with Gasteiger partial charge in [-0.05, 0) is 59.4 Å². The average Bonchev–Trinajstić information content (AvgIpc) is 3.29. The van der Waals surface area contributed by atoms with Crippen LogP contribution in [0.15, 0.2) is 66.7 Å². The number of nitrogens with zero attached hydrogens (tertiary/aromatic N) is 2. The SMILES string of the molecule is CC1(c2ccc(C#N)cc2)NC(=O)N(CC(=O)c2ccc3c(c2)-c2ccccc2C3)C1=O. The topological polar surface area (TPSA) is 90.3 Å². The lowest BCUT2D eigenvalue weighted by Gasteiger charge is -2.22. The summed E-state index contributed by atoms with van der Waals surface area (Å²) in [7, 11) is 0. The fourth-order valence-corrected chi connectivity index (χ4v) is 4.45. The fraction of sp³-hybridized carbons (Fsp3) is 0.154. The number of ketones is 1. The molecule has 0 radical (unpaired) electrons. The molecule has 3 aromatic rings. The predicted octanol–water partition coefficient (Wildman–Crippen LogP) is 3.78. The minimum absolute atomic E-state index is 0.301. The summed E-state index contributed by atoms with van der Waals surface area (Å²) < 4.78 is 0. The highest BCUT2D eigenvalue weighted by Gasteiger charge is 2.49. The average molecular weight is 421 g/mol. The molecule has 0 bridgehead atoms. The van der Waals surface area contributed by atoms with E-state index in [0.717, 1.165) is 28.0 Å². The van der Waals surface area contributed by atoms with Crippen LogP contribution in [0.1, 0.15) is 39.5 Å². The molecule has 0 saturated carbocycles. The molecule has 5 rings (SSSR count). The molecule has 1 unspecified atom stereocenters. The number of carbonyl (C=O) groups is 3. The molecule has 1 heterocycles. The van der Waals surface area contributed by atoms with E-state index in [9.17, 15) is 14.4 Å². The van der Waals surface area contributed by atoms with Crippen molar-refractivity contribution in [3.63, 3.8) is 0 Å². The lowest BCUT2D eigenvalue weighted by atomic mass is 9.91. The number of fused-ring (bicyclic) bond motifs is 3. The highest BCUT2D eigenvalue weighted by Crippen LogP contribution is 2.37. The second-order valence-electron chi connectivity index (χ2n) is 8.26. The summed E-state index contributed by atoms with van der Waals surface area (Å²) in [4.78, 5) is 39.7. The van der Waals surface area contributed by atoms with Gasteiger partial charge in [-0.15, -0.1) is 0 Å². The van der Waals surface area contributed by atoms with Crippen molar-refractivity contribution in [3.8, 4) is 17.2 Å². The highest BCUT2D eigenvalue weighted by atomic mass is 16.2. The zero-order valence-electron chi connectivity index (χ0n) is 17.4. The van der Waals surface area contributed by atoms with Crippen molar-refractivity contribution in [2.24, 2.45) is 0 Å². The highest BCUT2D eigenvalue weighted by molar-refractivity contribution is 6.11. The maximum absolute atomic E-state index is 13.1. The molecular weight excluding hydrogens is 402 g/mol. The van der Waals surface area contributed by atoms with Gasteiger partial charge >= 0.3 is 6.03 Å². The van der Waals surface area contributed by atoms with Gasteiger partial charge in [-0.25, -0.2) is 4.79 Å². The van der Waals surface area contributed by atoms with Crippen molar-refractivity contribution in [1.29, 1.82) is 5.26 Å². The molecular formula is C26H19N3O3. The van der Waals surface area contributed by atoms with E-state index < -0.39 is 17.5 Å². The molecule has 1 atom stereocenters. The Balaban J connectivity index is 1.39. The summed E-state index contributed by atoms with van der Waals surface area (Å²) in [5.74, 6) is -0.795. The fourth-order valence-electron chi connectivity index (χ4n) is 4.45. The molecule has 32 heavy (non-hydrogen) atoms. The van der Waals surface area contributed by atoms with E-state index in [1.165, 1.54) is 5.56 Å². The van der Waals surface area contributed by atoms with Crippen LogP contribution in [-0.4, -0.2) is 29.2 Å². The van der Waals surface area contributed by atoms with Gasteiger partial charge in [0.2, 0.25) is 0 Å². The second-order valence-corrected chi connectivity index (χ2v) is 8.26. The number of imide groups is 1. The number of nitriles is 1. The minimum Gasteiger partial charge on any atom is -0.319 e. The molecule has 6 nitrogen and oxygen atoms in total. The third-order valence-corrected chi connectivity index (χ3v) is 6.29. The Morgan fingerprint density at radius 3 is 2.50 bits per heavy atom. The molecule has 3 amide bonds. The van der Waals surface area contributed by atoms with Crippen LogP contribution in [0.2, 0.25) is 0 Å². The quantitative estimate of drug-likeness (QED) is 0.401. The van der Waals surface area contributed by atoms with Crippen LogP contribution in [0, 0.1) is 11.3 Å². The normalized spacial score (nSPS) is 18.7. The summed E-state index contributed by atoms with van der Waals surface area (Å²) in [6.45, 7) is 1.27. The number of benzene rings is 3. The maximum Gasteiger partial charge on any atom is 0.325 e. The lowest BCUT2D eigenvalue weighted by Crippen LogP contribution is -2.41. The molecule has 3 aromatic carbocycles. The predicted molar refractivity (Wildman–Crippen MR) is 118 cm³/mol. The second kappa shape index (κ2) is 7.17. The van der Waals surface area contributed by atoms with Gasteiger partial charge in [-0.3, -0.25) is 14.5 Å².